The minimum absolute atomic E-state index is 0.0986. The Morgan fingerprint density at radius 3 is 2.26 bits per heavy atom. The molecule has 4 rings (SSSR count). The lowest BCUT2D eigenvalue weighted by Crippen LogP contribution is -2.37. The molecule has 0 spiro atoms. The highest BCUT2D eigenvalue weighted by Gasteiger charge is 2.33. The molecule has 0 aliphatic rings. The van der Waals surface area contributed by atoms with Crippen molar-refractivity contribution < 1.29 is 17.6 Å². The maximum absolute atomic E-state index is 13.8. The van der Waals surface area contributed by atoms with E-state index >= 15 is 0 Å². The summed E-state index contributed by atoms with van der Waals surface area (Å²) in [6.45, 7) is 7.32. The lowest BCUT2D eigenvalue weighted by Gasteiger charge is -2.24. The number of aryl methyl sites for hydroxylation is 4. The lowest BCUT2D eigenvalue weighted by atomic mass is 10.1. The van der Waals surface area contributed by atoms with Crippen molar-refractivity contribution in [3.63, 3.8) is 0 Å². The van der Waals surface area contributed by atoms with E-state index < -0.39 is 15.9 Å². The van der Waals surface area contributed by atoms with Crippen molar-refractivity contribution in [3.05, 3.63) is 88.9 Å². The van der Waals surface area contributed by atoms with Gasteiger partial charge in [0.15, 0.2) is 0 Å². The van der Waals surface area contributed by atoms with Crippen molar-refractivity contribution in [1.29, 1.82) is 0 Å². The van der Waals surface area contributed by atoms with Crippen molar-refractivity contribution in [2.24, 2.45) is 0 Å². The van der Waals surface area contributed by atoms with E-state index in [1.165, 1.54) is 24.5 Å². The van der Waals surface area contributed by atoms with E-state index in [1.807, 2.05) is 32.9 Å². The first kappa shape index (κ1) is 20.8. The molecule has 0 atom stereocenters. The van der Waals surface area contributed by atoms with Gasteiger partial charge in [-0.05, 0) is 86.8 Å². The zero-order chi connectivity index (χ0) is 22.3. The van der Waals surface area contributed by atoms with E-state index in [-0.39, 0.29) is 16.1 Å². The van der Waals surface area contributed by atoms with E-state index in [4.69, 9.17) is 4.42 Å². The van der Waals surface area contributed by atoms with Gasteiger partial charge in [0, 0.05) is 23.3 Å². The Morgan fingerprint density at radius 1 is 0.871 bits per heavy atom. The topological polar surface area (TPSA) is 80.5 Å². The number of fused-ring (bicyclic) bond motifs is 1. The number of anilines is 1. The molecule has 0 N–H and O–H groups in total. The molecule has 0 aliphatic carbocycles. The molecule has 0 fully saturated rings. The largest absolute Gasteiger partial charge is 0.461 e. The molecule has 0 saturated heterocycles. The number of carbonyl (C=O) groups excluding carboxylic acids is 1. The van der Waals surface area contributed by atoms with Gasteiger partial charge in [-0.15, -0.1) is 0 Å². The predicted molar refractivity (Wildman–Crippen MR) is 120 cm³/mol. The summed E-state index contributed by atoms with van der Waals surface area (Å²) in [5.41, 5.74) is 3.49. The fourth-order valence-electron chi connectivity index (χ4n) is 3.58. The molecule has 0 bridgehead atoms. The molecule has 4 aromatic rings. The van der Waals surface area contributed by atoms with E-state index in [1.54, 1.807) is 31.2 Å². The molecule has 158 valence electrons. The van der Waals surface area contributed by atoms with Crippen LogP contribution in [0.25, 0.3) is 11.0 Å². The number of amides is 1. The van der Waals surface area contributed by atoms with Gasteiger partial charge in [0.05, 0.1) is 10.6 Å². The second-order valence-electron chi connectivity index (χ2n) is 7.59. The monoisotopic (exact) mass is 434 g/mol. The molecule has 0 aliphatic heterocycles. The van der Waals surface area contributed by atoms with Crippen LogP contribution >= 0.6 is 0 Å². The van der Waals surface area contributed by atoms with Crippen LogP contribution in [0.4, 0.5) is 5.69 Å². The van der Waals surface area contributed by atoms with Crippen LogP contribution in [-0.4, -0.2) is 19.3 Å². The molecule has 7 heteroatoms. The first-order chi connectivity index (χ1) is 14.7. The molecule has 1 amide bonds. The number of nitrogens with zero attached hydrogens (tertiary/aromatic N) is 2. The predicted octanol–water partition coefficient (Wildman–Crippen LogP) is 5.10. The van der Waals surface area contributed by atoms with Gasteiger partial charge in [-0.2, -0.15) is 4.31 Å². The zero-order valence-corrected chi connectivity index (χ0v) is 18.5. The second-order valence-corrected chi connectivity index (χ2v) is 9.35. The second kappa shape index (κ2) is 7.67. The first-order valence-electron chi connectivity index (χ1n) is 9.76. The van der Waals surface area contributed by atoms with E-state index in [0.717, 1.165) is 20.8 Å². The van der Waals surface area contributed by atoms with Gasteiger partial charge < -0.3 is 4.42 Å². The number of pyridine rings is 1. The summed E-state index contributed by atoms with van der Waals surface area (Å²) in [4.78, 5) is 17.5. The standard InChI is InChI=1S/C24H22N2O4S/c1-15-11-17(3)23(12-16(15)2)31(28,29)26(24(27)19-7-9-25-10-8-19)21-5-6-22-20(14-21)13-18(4)30-22/h5-14H,1-4H3. The fraction of sp³-hybridized carbons (Fsp3) is 0.167. The quantitative estimate of drug-likeness (QED) is 0.447. The molecular weight excluding hydrogens is 412 g/mol. The fourth-order valence-corrected chi connectivity index (χ4v) is 5.28. The Morgan fingerprint density at radius 2 is 1.55 bits per heavy atom. The third-order valence-electron chi connectivity index (χ3n) is 5.28. The highest BCUT2D eigenvalue weighted by Crippen LogP contribution is 2.32. The van der Waals surface area contributed by atoms with Gasteiger partial charge in [0.1, 0.15) is 11.3 Å². The number of hydrogen-bond donors (Lipinski definition) is 0. The number of aromatic nitrogens is 1. The van der Waals surface area contributed by atoms with Crippen LogP contribution in [0.2, 0.25) is 0 Å². The van der Waals surface area contributed by atoms with Gasteiger partial charge in [0.25, 0.3) is 15.9 Å². The van der Waals surface area contributed by atoms with E-state index in [9.17, 15) is 13.2 Å². The molecule has 0 unspecified atom stereocenters. The number of carbonyl (C=O) groups is 1. The van der Waals surface area contributed by atoms with Gasteiger partial charge in [0.2, 0.25) is 0 Å². The van der Waals surface area contributed by atoms with Crippen molar-refractivity contribution in [3.8, 4) is 0 Å². The number of rotatable bonds is 4. The van der Waals surface area contributed by atoms with Crippen molar-refractivity contribution in [2.45, 2.75) is 32.6 Å². The SMILES string of the molecule is Cc1cc2cc(N(C(=O)c3ccncc3)S(=O)(=O)c3cc(C)c(C)cc3C)ccc2o1. The number of benzene rings is 2. The Kier molecular flexibility index (Phi) is 5.15. The van der Waals surface area contributed by atoms with Gasteiger partial charge in [-0.1, -0.05) is 6.07 Å². The minimum Gasteiger partial charge on any atom is -0.461 e. The molecule has 6 nitrogen and oxygen atoms in total. The maximum atomic E-state index is 13.8. The third-order valence-corrected chi connectivity index (χ3v) is 7.13. The summed E-state index contributed by atoms with van der Waals surface area (Å²) in [5.74, 6) is 0.0478. The summed E-state index contributed by atoms with van der Waals surface area (Å²) < 4.78 is 34.1. The molecule has 0 saturated carbocycles. The normalized spacial score (nSPS) is 11.6. The summed E-state index contributed by atoms with van der Waals surface area (Å²) in [5, 5.41) is 0.717. The van der Waals surface area contributed by atoms with Crippen molar-refractivity contribution in [1.82, 2.24) is 4.98 Å². The molecular formula is C24H22N2O4S. The summed E-state index contributed by atoms with van der Waals surface area (Å²) in [6, 6.07) is 13.1. The average molecular weight is 435 g/mol. The minimum atomic E-state index is -4.20. The van der Waals surface area contributed by atoms with Gasteiger partial charge in [-0.3, -0.25) is 9.78 Å². The van der Waals surface area contributed by atoms with Crippen LogP contribution in [0.15, 0.2) is 70.2 Å². The highest BCUT2D eigenvalue weighted by atomic mass is 32.2. The molecule has 2 aromatic carbocycles. The van der Waals surface area contributed by atoms with Crippen LogP contribution in [0.3, 0.4) is 0 Å². The number of sulfonamides is 1. The smallest absolute Gasteiger partial charge is 0.272 e. The summed E-state index contributed by atoms with van der Waals surface area (Å²) in [6.07, 6.45) is 2.92. The Hall–Kier alpha value is -3.45. The summed E-state index contributed by atoms with van der Waals surface area (Å²) >= 11 is 0. The Balaban J connectivity index is 1.95. The maximum Gasteiger partial charge on any atom is 0.272 e. The van der Waals surface area contributed by atoms with Gasteiger partial charge in [-0.25, -0.2) is 8.42 Å². The molecule has 31 heavy (non-hydrogen) atoms. The Labute approximate surface area is 181 Å². The van der Waals surface area contributed by atoms with Crippen molar-refractivity contribution >= 4 is 32.6 Å². The van der Waals surface area contributed by atoms with Crippen LogP contribution < -0.4 is 4.31 Å². The lowest BCUT2D eigenvalue weighted by molar-refractivity contribution is 0.101. The average Bonchev–Trinajstić information content (AvgIpc) is 3.10. The van der Waals surface area contributed by atoms with Gasteiger partial charge >= 0.3 is 0 Å². The zero-order valence-electron chi connectivity index (χ0n) is 17.7. The van der Waals surface area contributed by atoms with Crippen molar-refractivity contribution in [2.75, 3.05) is 4.31 Å². The van der Waals surface area contributed by atoms with Crippen LogP contribution in [0.1, 0.15) is 32.8 Å². The highest BCUT2D eigenvalue weighted by molar-refractivity contribution is 7.93. The van der Waals surface area contributed by atoms with Crippen LogP contribution in [-0.2, 0) is 10.0 Å². The Bertz CT molecular complexity index is 1410. The van der Waals surface area contributed by atoms with Crippen LogP contribution in [0.5, 0.6) is 0 Å². The van der Waals surface area contributed by atoms with Crippen LogP contribution in [0, 0.1) is 27.7 Å². The number of furan rings is 1. The first-order valence-corrected chi connectivity index (χ1v) is 11.2. The van der Waals surface area contributed by atoms with E-state index in [2.05, 4.69) is 4.98 Å². The van der Waals surface area contributed by atoms with E-state index in [0.29, 0.717) is 16.9 Å². The third kappa shape index (κ3) is 3.72. The molecule has 2 heterocycles. The number of hydrogen-bond acceptors (Lipinski definition) is 5. The molecule has 0 radical (unpaired) electrons. The summed E-state index contributed by atoms with van der Waals surface area (Å²) in [7, 11) is -4.20. The molecule has 2 aromatic heterocycles.